The van der Waals surface area contributed by atoms with Crippen LogP contribution in [0.25, 0.3) is 0 Å². The van der Waals surface area contributed by atoms with Crippen molar-refractivity contribution in [2.45, 2.75) is 64.4 Å². The molecule has 15 heavy (non-hydrogen) atoms. The van der Waals surface area contributed by atoms with Crippen LogP contribution in [0.2, 0.25) is 0 Å². The van der Waals surface area contributed by atoms with E-state index in [0.29, 0.717) is 0 Å². The van der Waals surface area contributed by atoms with Crippen LogP contribution in [-0.2, 0) is 9.53 Å². The molecule has 1 saturated heterocycles. The second-order valence-electron chi connectivity index (χ2n) is 5.41. The van der Waals surface area contributed by atoms with Gasteiger partial charge in [0.15, 0.2) is 0 Å². The summed E-state index contributed by atoms with van der Waals surface area (Å²) in [5.41, 5.74) is -0.603. The summed E-state index contributed by atoms with van der Waals surface area (Å²) in [6.45, 7) is 9.37. The summed E-state index contributed by atoms with van der Waals surface area (Å²) in [6.07, 6.45) is -0.206. The molecule has 1 heterocycles. The van der Waals surface area contributed by atoms with Gasteiger partial charge in [0, 0.05) is 0 Å². The van der Waals surface area contributed by atoms with Crippen LogP contribution in [0.3, 0.4) is 0 Å². The molecule has 4 heteroatoms. The first-order valence-electron chi connectivity index (χ1n) is 5.33. The fourth-order valence-corrected chi connectivity index (χ4v) is 2.08. The molecule has 0 aromatic carbocycles. The van der Waals surface area contributed by atoms with Crippen molar-refractivity contribution in [2.75, 3.05) is 0 Å². The molecular formula is C11H21NO3. The zero-order valence-electron chi connectivity index (χ0n) is 10.1. The SMILES string of the molecule is CC(O)C(=O)NC1CC(C)(C)OC1(C)C. The molecule has 88 valence electrons. The van der Waals surface area contributed by atoms with E-state index < -0.39 is 6.10 Å². The fourth-order valence-electron chi connectivity index (χ4n) is 2.08. The number of aliphatic hydroxyl groups is 1. The lowest BCUT2D eigenvalue weighted by atomic mass is 9.94. The van der Waals surface area contributed by atoms with Gasteiger partial charge in [-0.25, -0.2) is 0 Å². The second-order valence-corrected chi connectivity index (χ2v) is 5.41. The quantitative estimate of drug-likeness (QED) is 0.717. The Kier molecular flexibility index (Phi) is 3.12. The zero-order valence-corrected chi connectivity index (χ0v) is 10.1. The van der Waals surface area contributed by atoms with Crippen LogP contribution in [-0.4, -0.2) is 34.4 Å². The van der Waals surface area contributed by atoms with Gasteiger partial charge in [-0.2, -0.15) is 0 Å². The van der Waals surface area contributed by atoms with E-state index in [1.54, 1.807) is 0 Å². The maximum Gasteiger partial charge on any atom is 0.248 e. The van der Waals surface area contributed by atoms with E-state index >= 15 is 0 Å². The summed E-state index contributed by atoms with van der Waals surface area (Å²) in [4.78, 5) is 11.4. The Morgan fingerprint density at radius 2 is 2.00 bits per heavy atom. The van der Waals surface area contributed by atoms with Crippen LogP contribution in [0, 0.1) is 0 Å². The van der Waals surface area contributed by atoms with Gasteiger partial charge in [-0.3, -0.25) is 4.79 Å². The smallest absolute Gasteiger partial charge is 0.248 e. The van der Waals surface area contributed by atoms with Crippen LogP contribution < -0.4 is 5.32 Å². The molecular weight excluding hydrogens is 194 g/mol. The highest BCUT2D eigenvalue weighted by atomic mass is 16.5. The highest BCUT2D eigenvalue weighted by Crippen LogP contribution is 2.37. The lowest BCUT2D eigenvalue weighted by molar-refractivity contribution is -0.131. The number of carbonyl (C=O) groups excluding carboxylic acids is 1. The standard InChI is InChI=1S/C11H21NO3/c1-7(13)9(14)12-8-6-10(2,3)15-11(8,4)5/h7-8,13H,6H2,1-5H3,(H,12,14). The number of nitrogens with one attached hydrogen (secondary N) is 1. The van der Waals surface area contributed by atoms with E-state index in [2.05, 4.69) is 5.32 Å². The van der Waals surface area contributed by atoms with E-state index in [4.69, 9.17) is 9.84 Å². The molecule has 0 bridgehead atoms. The van der Waals surface area contributed by atoms with Gasteiger partial charge in [0.2, 0.25) is 5.91 Å². The Hall–Kier alpha value is -0.610. The van der Waals surface area contributed by atoms with E-state index in [9.17, 15) is 4.79 Å². The molecule has 2 N–H and O–H groups in total. The lowest BCUT2D eigenvalue weighted by Gasteiger charge is -2.28. The van der Waals surface area contributed by atoms with Crippen molar-refractivity contribution in [1.82, 2.24) is 5.32 Å². The Morgan fingerprint density at radius 1 is 1.47 bits per heavy atom. The van der Waals surface area contributed by atoms with Crippen molar-refractivity contribution in [3.8, 4) is 0 Å². The van der Waals surface area contributed by atoms with Gasteiger partial charge < -0.3 is 15.2 Å². The van der Waals surface area contributed by atoms with Crippen LogP contribution >= 0.6 is 0 Å². The van der Waals surface area contributed by atoms with Crippen molar-refractivity contribution in [3.05, 3.63) is 0 Å². The third kappa shape index (κ3) is 2.92. The fraction of sp³-hybridized carbons (Fsp3) is 0.909. The molecule has 4 nitrogen and oxygen atoms in total. The van der Waals surface area contributed by atoms with Crippen molar-refractivity contribution >= 4 is 5.91 Å². The predicted octanol–water partition coefficient (Wildman–Crippen LogP) is 0.829. The summed E-state index contributed by atoms with van der Waals surface area (Å²) in [6, 6.07) is -0.0467. The number of hydrogen-bond donors (Lipinski definition) is 2. The zero-order chi connectivity index (χ0) is 11.9. The van der Waals surface area contributed by atoms with Crippen molar-refractivity contribution in [2.24, 2.45) is 0 Å². The van der Waals surface area contributed by atoms with Crippen molar-refractivity contribution in [1.29, 1.82) is 0 Å². The van der Waals surface area contributed by atoms with Gasteiger partial charge in [0.05, 0.1) is 17.2 Å². The van der Waals surface area contributed by atoms with Crippen LogP contribution in [0.1, 0.15) is 41.0 Å². The Morgan fingerprint density at radius 3 is 2.33 bits per heavy atom. The van der Waals surface area contributed by atoms with Gasteiger partial charge in [0.1, 0.15) is 6.10 Å². The molecule has 1 aliphatic rings. The topological polar surface area (TPSA) is 58.6 Å². The minimum atomic E-state index is -0.968. The van der Waals surface area contributed by atoms with Gasteiger partial charge in [-0.1, -0.05) is 0 Å². The first-order chi connectivity index (χ1) is 6.64. The lowest BCUT2D eigenvalue weighted by Crippen LogP contribution is -2.48. The van der Waals surface area contributed by atoms with Gasteiger partial charge in [-0.15, -0.1) is 0 Å². The number of amides is 1. The molecule has 2 atom stereocenters. The summed E-state index contributed by atoms with van der Waals surface area (Å²) in [5.74, 6) is -0.339. The summed E-state index contributed by atoms with van der Waals surface area (Å²) in [7, 11) is 0. The molecule has 0 radical (unpaired) electrons. The molecule has 0 aliphatic carbocycles. The number of hydrogen-bond acceptors (Lipinski definition) is 3. The normalized spacial score (nSPS) is 29.9. The van der Waals surface area contributed by atoms with E-state index in [1.165, 1.54) is 6.92 Å². The first kappa shape index (κ1) is 12.5. The third-order valence-electron chi connectivity index (χ3n) is 2.77. The van der Waals surface area contributed by atoms with Gasteiger partial charge in [-0.05, 0) is 41.0 Å². The molecule has 0 saturated carbocycles. The predicted molar refractivity (Wildman–Crippen MR) is 57.5 cm³/mol. The third-order valence-corrected chi connectivity index (χ3v) is 2.77. The average molecular weight is 215 g/mol. The maximum atomic E-state index is 11.4. The van der Waals surface area contributed by atoms with Gasteiger partial charge in [0.25, 0.3) is 0 Å². The highest BCUT2D eigenvalue weighted by molar-refractivity contribution is 5.80. The second kappa shape index (κ2) is 3.76. The molecule has 0 aromatic rings. The maximum absolute atomic E-state index is 11.4. The Balaban J connectivity index is 2.67. The summed E-state index contributed by atoms with van der Waals surface area (Å²) < 4.78 is 5.83. The van der Waals surface area contributed by atoms with E-state index in [1.807, 2.05) is 27.7 Å². The molecule has 1 aliphatic heterocycles. The minimum Gasteiger partial charge on any atom is -0.384 e. The highest BCUT2D eigenvalue weighted by Gasteiger charge is 2.46. The number of carbonyl (C=O) groups is 1. The monoisotopic (exact) mass is 215 g/mol. The molecule has 0 spiro atoms. The molecule has 1 rings (SSSR count). The van der Waals surface area contributed by atoms with Gasteiger partial charge >= 0.3 is 0 Å². The molecule has 2 unspecified atom stereocenters. The summed E-state index contributed by atoms with van der Waals surface area (Å²) in [5, 5.41) is 11.9. The average Bonchev–Trinajstić information content (AvgIpc) is 2.18. The van der Waals surface area contributed by atoms with Crippen LogP contribution in [0.15, 0.2) is 0 Å². The van der Waals surface area contributed by atoms with E-state index in [0.717, 1.165) is 6.42 Å². The van der Waals surface area contributed by atoms with E-state index in [-0.39, 0.29) is 23.2 Å². The number of rotatable bonds is 2. The number of aliphatic hydroxyl groups excluding tert-OH is 1. The minimum absolute atomic E-state index is 0.0467. The van der Waals surface area contributed by atoms with Crippen LogP contribution in [0.4, 0.5) is 0 Å². The molecule has 1 amide bonds. The Labute approximate surface area is 91.0 Å². The Bertz CT molecular complexity index is 259. The van der Waals surface area contributed by atoms with Crippen molar-refractivity contribution in [3.63, 3.8) is 0 Å². The first-order valence-corrected chi connectivity index (χ1v) is 5.33. The number of ether oxygens (including phenoxy) is 1. The molecule has 0 aromatic heterocycles. The summed E-state index contributed by atoms with van der Waals surface area (Å²) >= 11 is 0. The molecule has 1 fully saturated rings. The van der Waals surface area contributed by atoms with Crippen LogP contribution in [0.5, 0.6) is 0 Å². The largest absolute Gasteiger partial charge is 0.384 e. The van der Waals surface area contributed by atoms with Crippen molar-refractivity contribution < 1.29 is 14.6 Å².